The second-order valence-corrected chi connectivity index (χ2v) is 27.3. The molecule has 546 valence electrons. The number of esters is 3. The number of carbonyl (C=O) groups excluding carboxylic acids is 3. The zero-order valence-electron chi connectivity index (χ0n) is 59.3. The molecule has 0 saturated heterocycles. The fraction of sp³-hybridized carbons (Fsp3) is 0.701. The first-order chi connectivity index (χ1) is 46.2. The van der Waals surface area contributed by atoms with E-state index in [1.54, 1.807) is 0 Å². The van der Waals surface area contributed by atoms with E-state index < -0.39 is 91.5 Å². The Morgan fingerprint density at radius 1 is 0.305 bits per heavy atom. The molecule has 0 spiro atoms. The van der Waals surface area contributed by atoms with Crippen LogP contribution in [0, 0.1) is 0 Å². The molecule has 18 heteroatoms. The molecule has 0 aliphatic carbocycles. The summed E-state index contributed by atoms with van der Waals surface area (Å²) in [6, 6.07) is 0. The predicted octanol–water partition coefficient (Wildman–Crippen LogP) is 21.0. The first-order valence-electron chi connectivity index (χ1n) is 36.8. The van der Waals surface area contributed by atoms with Crippen molar-refractivity contribution in [2.75, 3.05) is 39.6 Å². The van der Waals surface area contributed by atoms with Crippen LogP contribution in [0.1, 0.15) is 290 Å². The minimum absolute atomic E-state index is 0.101. The van der Waals surface area contributed by atoms with Gasteiger partial charge in [0, 0.05) is 19.3 Å². The molecule has 0 aromatic carbocycles. The number of carbonyl (C=O) groups is 3. The van der Waals surface area contributed by atoms with E-state index in [1.807, 2.05) is 0 Å². The Labute approximate surface area is 576 Å². The summed E-state index contributed by atoms with van der Waals surface area (Å²) in [4.78, 5) is 58.4. The van der Waals surface area contributed by atoms with Gasteiger partial charge in [-0.1, -0.05) is 277 Å². The van der Waals surface area contributed by atoms with E-state index in [0.29, 0.717) is 19.3 Å². The monoisotopic (exact) mass is 1370 g/mol. The lowest BCUT2D eigenvalue weighted by atomic mass is 10.1. The van der Waals surface area contributed by atoms with Crippen LogP contribution in [0.5, 0.6) is 0 Å². The molecule has 16 nitrogen and oxygen atoms in total. The number of unbranched alkanes of at least 4 members (excludes halogenated alkanes) is 26. The van der Waals surface area contributed by atoms with Gasteiger partial charge in [0.15, 0.2) is 6.10 Å². The maximum Gasteiger partial charge on any atom is 0.472 e. The third kappa shape index (κ3) is 71.1. The molecule has 0 aliphatic rings. The number of phosphoric acid groups is 2. The number of phosphoric ester groups is 2. The van der Waals surface area contributed by atoms with Crippen LogP contribution in [0.25, 0.3) is 0 Å². The molecule has 0 rings (SSSR count). The SMILES string of the molecule is CC/C=C\C/C=C\C/C=C\C/C=C\C/C=C\C/C=C\CCCCCCCCCCC(=O)OCC(O)COP(=O)(O)OCC(O)COP(=O)(O)OCC(COC(=O)CCCCCCC/C=C\C/C=C\C/C=C\C/C=C\CCCCC)OC(=O)CCCCCCCCCCCCC. The Kier molecular flexibility index (Phi) is 66.9. The summed E-state index contributed by atoms with van der Waals surface area (Å²) >= 11 is 0. The molecular weight excluding hydrogens is 1240 g/mol. The molecule has 5 atom stereocenters. The summed E-state index contributed by atoms with van der Waals surface area (Å²) in [5, 5.41) is 20.6. The van der Waals surface area contributed by atoms with Gasteiger partial charge in [0.25, 0.3) is 0 Å². The molecule has 0 amide bonds. The molecule has 0 aromatic heterocycles. The van der Waals surface area contributed by atoms with Crippen LogP contribution in [0.15, 0.2) is 122 Å². The zero-order valence-corrected chi connectivity index (χ0v) is 61.1. The fourth-order valence-electron chi connectivity index (χ4n) is 9.56. The smallest absolute Gasteiger partial charge is 0.463 e. The highest BCUT2D eigenvalue weighted by Gasteiger charge is 2.29. The van der Waals surface area contributed by atoms with Crippen LogP contribution in [-0.2, 0) is 55.8 Å². The predicted molar refractivity (Wildman–Crippen MR) is 390 cm³/mol. The molecule has 0 heterocycles. The molecule has 0 aliphatic heterocycles. The van der Waals surface area contributed by atoms with E-state index in [9.17, 15) is 43.5 Å². The second-order valence-electron chi connectivity index (χ2n) is 24.4. The van der Waals surface area contributed by atoms with Crippen molar-refractivity contribution in [1.82, 2.24) is 0 Å². The van der Waals surface area contributed by atoms with Crippen molar-refractivity contribution in [2.45, 2.75) is 309 Å². The number of allylic oxidation sites excluding steroid dienone is 20. The zero-order chi connectivity index (χ0) is 69.5. The number of hydrogen-bond acceptors (Lipinski definition) is 14. The summed E-state index contributed by atoms with van der Waals surface area (Å²) in [6.45, 7) is 2.49. The van der Waals surface area contributed by atoms with Crippen LogP contribution >= 0.6 is 15.6 Å². The lowest BCUT2D eigenvalue weighted by Crippen LogP contribution is -2.30. The first kappa shape index (κ1) is 91.0. The Bertz CT molecular complexity index is 2210. The minimum Gasteiger partial charge on any atom is -0.463 e. The number of ether oxygens (including phenoxy) is 3. The van der Waals surface area contributed by atoms with Gasteiger partial charge >= 0.3 is 33.6 Å². The third-order valence-electron chi connectivity index (χ3n) is 15.2. The highest BCUT2D eigenvalue weighted by Crippen LogP contribution is 2.45. The van der Waals surface area contributed by atoms with Crippen LogP contribution in [0.2, 0.25) is 0 Å². The Hall–Kier alpha value is -4.05. The summed E-state index contributed by atoms with van der Waals surface area (Å²) in [7, 11) is -9.78. The van der Waals surface area contributed by atoms with E-state index in [2.05, 4.69) is 142 Å². The van der Waals surface area contributed by atoms with Gasteiger partial charge in [-0.15, -0.1) is 0 Å². The van der Waals surface area contributed by atoms with Gasteiger partial charge in [0.1, 0.15) is 25.4 Å². The standard InChI is InChI=1S/C77H132O16P2/c1-4-7-10-13-16-19-22-24-26-28-30-32-33-34-35-36-37-39-41-42-44-46-49-51-54-57-60-63-75(80)87-66-72(78)67-89-94(83,84)90-68-73(79)69-91-95(85,86)92-71-74(93-77(82)65-62-59-56-53-48-21-18-15-12-9-6-3)70-88-76(81)64-61-58-55-52-50-47-45-43-40-38-31-29-27-25-23-20-17-14-11-8-5-2/h7,10,16-17,19-20,24-27,30-32,34-35,37-39,43,45,72-74,78-79H,4-6,8-9,11-15,18,21-23,28-29,33,36,40-42,44,46-71H2,1-3H3,(H,83,84)(H,85,86)/b10-7-,19-16-,20-17-,26-24-,27-25-,32-30-,35-34-,38-31-,39-37-,45-43-. The van der Waals surface area contributed by atoms with Crippen LogP contribution in [-0.4, -0.2) is 95.9 Å². The van der Waals surface area contributed by atoms with Gasteiger partial charge in [-0.05, 0) is 116 Å². The van der Waals surface area contributed by atoms with Crippen molar-refractivity contribution in [3.63, 3.8) is 0 Å². The van der Waals surface area contributed by atoms with Crippen molar-refractivity contribution in [1.29, 1.82) is 0 Å². The molecule has 4 N–H and O–H groups in total. The molecule has 0 bridgehead atoms. The van der Waals surface area contributed by atoms with Crippen molar-refractivity contribution in [2.24, 2.45) is 0 Å². The second kappa shape index (κ2) is 69.8. The van der Waals surface area contributed by atoms with Crippen molar-refractivity contribution >= 4 is 33.6 Å². The lowest BCUT2D eigenvalue weighted by Gasteiger charge is -2.21. The number of hydrogen-bond donors (Lipinski definition) is 4. The van der Waals surface area contributed by atoms with Gasteiger partial charge in [-0.25, -0.2) is 9.13 Å². The van der Waals surface area contributed by atoms with E-state index >= 15 is 0 Å². The van der Waals surface area contributed by atoms with Crippen molar-refractivity contribution in [3.05, 3.63) is 122 Å². The fourth-order valence-corrected chi connectivity index (χ4v) is 11.1. The summed E-state index contributed by atoms with van der Waals surface area (Å²) < 4.78 is 60.9. The van der Waals surface area contributed by atoms with Gasteiger partial charge in [-0.3, -0.25) is 32.5 Å². The maximum atomic E-state index is 12.9. The molecule has 0 radical (unpaired) electrons. The van der Waals surface area contributed by atoms with E-state index in [4.69, 9.17) is 32.3 Å². The quantitative estimate of drug-likeness (QED) is 0.0146. The highest BCUT2D eigenvalue weighted by atomic mass is 31.2. The first-order valence-corrected chi connectivity index (χ1v) is 39.8. The van der Waals surface area contributed by atoms with Gasteiger partial charge in [-0.2, -0.15) is 0 Å². The Morgan fingerprint density at radius 2 is 0.558 bits per heavy atom. The summed E-state index contributed by atoms with van der Waals surface area (Å²) in [6.07, 6.45) is 81.1. The lowest BCUT2D eigenvalue weighted by molar-refractivity contribution is -0.161. The topological polar surface area (TPSA) is 231 Å². The average molecular weight is 1380 g/mol. The van der Waals surface area contributed by atoms with Crippen LogP contribution < -0.4 is 0 Å². The summed E-state index contributed by atoms with van der Waals surface area (Å²) in [5.74, 6) is -1.60. The maximum absolute atomic E-state index is 12.9. The number of aliphatic hydroxyl groups excluding tert-OH is 2. The van der Waals surface area contributed by atoms with Crippen LogP contribution in [0.3, 0.4) is 0 Å². The van der Waals surface area contributed by atoms with Gasteiger partial charge in [0.2, 0.25) is 0 Å². The molecule has 0 saturated carbocycles. The van der Waals surface area contributed by atoms with Gasteiger partial charge < -0.3 is 34.2 Å². The number of rotatable bonds is 69. The average Bonchev–Trinajstić information content (AvgIpc) is 3.10. The minimum atomic E-state index is -4.93. The molecule has 5 unspecified atom stereocenters. The summed E-state index contributed by atoms with van der Waals surface area (Å²) in [5.41, 5.74) is 0. The Balaban J connectivity index is 4.52. The van der Waals surface area contributed by atoms with Gasteiger partial charge in [0.05, 0.1) is 26.4 Å². The molecule has 0 fully saturated rings. The van der Waals surface area contributed by atoms with Crippen molar-refractivity contribution < 1.29 is 75.8 Å². The largest absolute Gasteiger partial charge is 0.472 e. The molecule has 95 heavy (non-hydrogen) atoms. The number of aliphatic hydroxyl groups is 2. The molecule has 0 aromatic rings. The van der Waals surface area contributed by atoms with E-state index in [1.165, 1.54) is 83.5 Å². The van der Waals surface area contributed by atoms with E-state index in [0.717, 1.165) is 148 Å². The van der Waals surface area contributed by atoms with Crippen molar-refractivity contribution in [3.8, 4) is 0 Å². The Morgan fingerprint density at radius 3 is 0.905 bits per heavy atom. The third-order valence-corrected chi connectivity index (χ3v) is 17.1. The van der Waals surface area contributed by atoms with E-state index in [-0.39, 0.29) is 19.3 Å². The normalized spacial score (nSPS) is 14.8. The van der Waals surface area contributed by atoms with Crippen LogP contribution in [0.4, 0.5) is 0 Å². The highest BCUT2D eigenvalue weighted by molar-refractivity contribution is 7.47. The molecular formula is C77H132O16P2.